The van der Waals surface area contributed by atoms with E-state index in [4.69, 9.17) is 4.42 Å². The van der Waals surface area contributed by atoms with E-state index in [1.807, 2.05) is 17.0 Å². The number of urea groups is 1. The molecule has 0 radical (unpaired) electrons. The standard InChI is InChI=1S/C20H32N4O3/c1-16-4-9-23(10-5-16)13-8-21-20(26)24-11-6-17(7-12-24)19(25)22-15-18-3-2-14-27-18/h2-3,14,16-17H,4-13,15H2,1H3,(H,21,26)(H,22,25). The summed E-state index contributed by atoms with van der Waals surface area (Å²) in [6, 6.07) is 3.65. The second-order valence-corrected chi connectivity index (χ2v) is 7.81. The van der Waals surface area contributed by atoms with Gasteiger partial charge in [0.15, 0.2) is 0 Å². The van der Waals surface area contributed by atoms with E-state index in [1.165, 1.54) is 12.8 Å². The number of rotatable bonds is 6. The lowest BCUT2D eigenvalue weighted by Gasteiger charge is -2.32. The van der Waals surface area contributed by atoms with Crippen LogP contribution in [0.5, 0.6) is 0 Å². The van der Waals surface area contributed by atoms with Crippen molar-refractivity contribution in [2.45, 2.75) is 39.2 Å². The molecule has 0 atom stereocenters. The van der Waals surface area contributed by atoms with Crippen LogP contribution in [0.1, 0.15) is 38.4 Å². The van der Waals surface area contributed by atoms with Crippen LogP contribution in [0.2, 0.25) is 0 Å². The molecule has 0 unspecified atom stereocenters. The van der Waals surface area contributed by atoms with Crippen molar-refractivity contribution < 1.29 is 14.0 Å². The first-order chi connectivity index (χ1) is 13.1. The highest BCUT2D eigenvalue weighted by atomic mass is 16.3. The van der Waals surface area contributed by atoms with Crippen molar-refractivity contribution in [3.05, 3.63) is 24.2 Å². The third kappa shape index (κ3) is 5.99. The molecule has 1 aromatic rings. The highest BCUT2D eigenvalue weighted by Crippen LogP contribution is 2.18. The summed E-state index contributed by atoms with van der Waals surface area (Å²) in [4.78, 5) is 28.8. The number of hydrogen-bond acceptors (Lipinski definition) is 4. The lowest BCUT2D eigenvalue weighted by molar-refractivity contribution is -0.126. The molecule has 150 valence electrons. The van der Waals surface area contributed by atoms with Crippen LogP contribution in [-0.4, -0.2) is 61.0 Å². The number of likely N-dealkylation sites (tertiary alicyclic amines) is 2. The Balaban J connectivity index is 1.30. The SMILES string of the molecule is CC1CCN(CCNC(=O)N2CCC(C(=O)NCc3ccco3)CC2)CC1. The molecule has 2 aliphatic rings. The van der Waals surface area contributed by atoms with Crippen LogP contribution in [0.4, 0.5) is 4.79 Å². The van der Waals surface area contributed by atoms with Gasteiger partial charge < -0.3 is 24.9 Å². The van der Waals surface area contributed by atoms with Gasteiger partial charge in [-0.2, -0.15) is 0 Å². The molecule has 7 heteroatoms. The van der Waals surface area contributed by atoms with E-state index < -0.39 is 0 Å². The molecule has 3 amide bonds. The first-order valence-electron chi connectivity index (χ1n) is 10.2. The fourth-order valence-corrected chi connectivity index (χ4v) is 3.79. The van der Waals surface area contributed by atoms with Crippen LogP contribution in [0, 0.1) is 11.8 Å². The van der Waals surface area contributed by atoms with Crippen molar-refractivity contribution in [3.8, 4) is 0 Å². The molecule has 27 heavy (non-hydrogen) atoms. The summed E-state index contributed by atoms with van der Waals surface area (Å²) in [5.74, 6) is 1.60. The summed E-state index contributed by atoms with van der Waals surface area (Å²) < 4.78 is 5.23. The second-order valence-electron chi connectivity index (χ2n) is 7.81. The molecule has 0 aliphatic carbocycles. The van der Waals surface area contributed by atoms with Crippen LogP contribution >= 0.6 is 0 Å². The van der Waals surface area contributed by atoms with Crippen LogP contribution in [0.25, 0.3) is 0 Å². The van der Waals surface area contributed by atoms with E-state index in [0.717, 1.165) is 31.3 Å². The maximum absolute atomic E-state index is 12.3. The fourth-order valence-electron chi connectivity index (χ4n) is 3.79. The Bertz CT molecular complexity index is 588. The average molecular weight is 377 g/mol. The van der Waals surface area contributed by atoms with E-state index in [2.05, 4.69) is 22.5 Å². The molecule has 2 saturated heterocycles. The van der Waals surface area contributed by atoms with Gasteiger partial charge in [0.1, 0.15) is 5.76 Å². The molecule has 2 N–H and O–H groups in total. The minimum atomic E-state index is -0.0284. The molecule has 3 heterocycles. The first-order valence-corrected chi connectivity index (χ1v) is 10.2. The number of carbonyl (C=O) groups is 2. The quantitative estimate of drug-likeness (QED) is 0.797. The number of nitrogens with zero attached hydrogens (tertiary/aromatic N) is 2. The van der Waals surface area contributed by atoms with Gasteiger partial charge in [-0.25, -0.2) is 4.79 Å². The van der Waals surface area contributed by atoms with Gasteiger partial charge in [0.05, 0.1) is 12.8 Å². The van der Waals surface area contributed by atoms with Gasteiger partial charge >= 0.3 is 6.03 Å². The van der Waals surface area contributed by atoms with Gasteiger partial charge in [0.2, 0.25) is 5.91 Å². The minimum Gasteiger partial charge on any atom is -0.467 e. The molecule has 2 aliphatic heterocycles. The highest BCUT2D eigenvalue weighted by Gasteiger charge is 2.27. The van der Waals surface area contributed by atoms with Crippen molar-refractivity contribution in [2.75, 3.05) is 39.3 Å². The third-order valence-electron chi connectivity index (χ3n) is 5.75. The Morgan fingerprint density at radius 2 is 1.85 bits per heavy atom. The molecule has 0 bridgehead atoms. The summed E-state index contributed by atoms with van der Waals surface area (Å²) >= 11 is 0. The molecular weight excluding hydrogens is 344 g/mol. The van der Waals surface area contributed by atoms with Crippen molar-refractivity contribution >= 4 is 11.9 Å². The predicted octanol–water partition coefficient (Wildman–Crippen LogP) is 2.05. The van der Waals surface area contributed by atoms with E-state index in [0.29, 0.717) is 39.0 Å². The second kappa shape index (κ2) is 9.78. The van der Waals surface area contributed by atoms with Gasteiger partial charge in [-0.1, -0.05) is 6.92 Å². The molecule has 7 nitrogen and oxygen atoms in total. The van der Waals surface area contributed by atoms with Crippen LogP contribution in [-0.2, 0) is 11.3 Å². The minimum absolute atomic E-state index is 0.00480. The first kappa shape index (κ1) is 19.7. The van der Waals surface area contributed by atoms with Crippen LogP contribution in [0.3, 0.4) is 0 Å². The number of furan rings is 1. The Hall–Kier alpha value is -2.02. The van der Waals surface area contributed by atoms with Gasteiger partial charge in [-0.05, 0) is 56.8 Å². The maximum atomic E-state index is 12.3. The fraction of sp³-hybridized carbons (Fsp3) is 0.700. The Morgan fingerprint density at radius 1 is 1.11 bits per heavy atom. The normalized spacial score (nSPS) is 19.8. The predicted molar refractivity (Wildman–Crippen MR) is 103 cm³/mol. The lowest BCUT2D eigenvalue weighted by atomic mass is 9.96. The zero-order valence-corrected chi connectivity index (χ0v) is 16.3. The summed E-state index contributed by atoms with van der Waals surface area (Å²) in [7, 11) is 0. The monoisotopic (exact) mass is 376 g/mol. The average Bonchev–Trinajstić information content (AvgIpc) is 3.21. The van der Waals surface area contributed by atoms with Gasteiger partial charge in [-0.3, -0.25) is 4.79 Å². The number of nitrogens with one attached hydrogen (secondary N) is 2. The van der Waals surface area contributed by atoms with Gasteiger partial charge in [0, 0.05) is 32.1 Å². The lowest BCUT2D eigenvalue weighted by Crippen LogP contribution is -2.48. The van der Waals surface area contributed by atoms with Crippen LogP contribution < -0.4 is 10.6 Å². The largest absolute Gasteiger partial charge is 0.467 e. The summed E-state index contributed by atoms with van der Waals surface area (Å²) in [6.07, 6.45) is 5.53. The molecule has 0 spiro atoms. The number of carbonyl (C=O) groups excluding carboxylic acids is 2. The summed E-state index contributed by atoms with van der Waals surface area (Å²) in [5, 5.41) is 5.95. The third-order valence-corrected chi connectivity index (χ3v) is 5.75. The number of piperidine rings is 2. The molecule has 3 rings (SSSR count). The molecule has 1 aromatic heterocycles. The molecule has 0 saturated carbocycles. The van der Waals surface area contributed by atoms with Crippen molar-refractivity contribution in [1.82, 2.24) is 20.4 Å². The Morgan fingerprint density at radius 3 is 2.52 bits per heavy atom. The Labute approximate surface area is 161 Å². The molecular formula is C20H32N4O3. The number of amides is 3. The van der Waals surface area contributed by atoms with E-state index in [1.54, 1.807) is 6.26 Å². The zero-order chi connectivity index (χ0) is 19.1. The van der Waals surface area contributed by atoms with Gasteiger partial charge in [-0.15, -0.1) is 0 Å². The maximum Gasteiger partial charge on any atom is 0.317 e. The van der Waals surface area contributed by atoms with Gasteiger partial charge in [0.25, 0.3) is 0 Å². The highest BCUT2D eigenvalue weighted by molar-refractivity contribution is 5.79. The Kier molecular flexibility index (Phi) is 7.15. The van der Waals surface area contributed by atoms with E-state index in [9.17, 15) is 9.59 Å². The van der Waals surface area contributed by atoms with E-state index in [-0.39, 0.29) is 17.9 Å². The number of hydrogen-bond donors (Lipinski definition) is 2. The smallest absolute Gasteiger partial charge is 0.317 e. The zero-order valence-electron chi connectivity index (χ0n) is 16.3. The van der Waals surface area contributed by atoms with Crippen molar-refractivity contribution in [2.24, 2.45) is 11.8 Å². The van der Waals surface area contributed by atoms with Crippen molar-refractivity contribution in [1.29, 1.82) is 0 Å². The molecule has 0 aromatic carbocycles. The molecule has 2 fully saturated rings. The van der Waals surface area contributed by atoms with E-state index >= 15 is 0 Å². The van der Waals surface area contributed by atoms with Crippen LogP contribution in [0.15, 0.2) is 22.8 Å². The topological polar surface area (TPSA) is 77.8 Å². The summed E-state index contributed by atoms with van der Waals surface area (Å²) in [6.45, 7) is 7.87. The van der Waals surface area contributed by atoms with Crippen molar-refractivity contribution in [3.63, 3.8) is 0 Å². The summed E-state index contributed by atoms with van der Waals surface area (Å²) in [5.41, 5.74) is 0.